The highest BCUT2D eigenvalue weighted by Crippen LogP contribution is 2.26. The zero-order chi connectivity index (χ0) is 9.80. The van der Waals surface area contributed by atoms with Crippen LogP contribution in [0.15, 0.2) is 0 Å². The van der Waals surface area contributed by atoms with E-state index in [-0.39, 0.29) is 0 Å². The van der Waals surface area contributed by atoms with Crippen LogP contribution in [0.1, 0.15) is 44.9 Å². The molecule has 1 aliphatic heterocycles. The molecule has 0 aromatic carbocycles. The molecule has 1 saturated heterocycles. The summed E-state index contributed by atoms with van der Waals surface area (Å²) < 4.78 is 0. The minimum Gasteiger partial charge on any atom is -0.326 e. The van der Waals surface area contributed by atoms with Gasteiger partial charge in [0.1, 0.15) is 0 Å². The first-order valence-electron chi connectivity index (χ1n) is 6.34. The molecule has 1 aliphatic carbocycles. The van der Waals surface area contributed by atoms with Crippen LogP contribution in [0.3, 0.4) is 0 Å². The summed E-state index contributed by atoms with van der Waals surface area (Å²) in [5.41, 5.74) is 6.29. The molecule has 1 saturated carbocycles. The van der Waals surface area contributed by atoms with E-state index in [9.17, 15) is 0 Å². The Labute approximate surface area is 87.8 Å². The predicted molar refractivity (Wildman–Crippen MR) is 60.2 cm³/mol. The van der Waals surface area contributed by atoms with E-state index in [1.807, 2.05) is 0 Å². The van der Waals surface area contributed by atoms with E-state index >= 15 is 0 Å². The number of nitrogens with zero attached hydrogens (tertiary/aromatic N) is 1. The van der Waals surface area contributed by atoms with Crippen molar-refractivity contribution < 1.29 is 0 Å². The first-order chi connectivity index (χ1) is 6.86. The van der Waals surface area contributed by atoms with Gasteiger partial charge in [-0.1, -0.05) is 19.3 Å². The van der Waals surface area contributed by atoms with E-state index in [2.05, 4.69) is 4.90 Å². The molecule has 0 bridgehead atoms. The highest BCUT2D eigenvalue weighted by atomic mass is 15.1. The summed E-state index contributed by atoms with van der Waals surface area (Å²) in [4.78, 5) is 2.55. The Bertz CT molecular complexity index is 158. The fourth-order valence-corrected chi connectivity index (χ4v) is 2.97. The standard InChI is InChI=1S/C12H24N2/c13-12(10-14-8-4-5-9-14)11-6-2-1-3-7-11/h11-12H,1-10,13H2. The van der Waals surface area contributed by atoms with E-state index in [0.29, 0.717) is 6.04 Å². The molecule has 0 aromatic rings. The maximum absolute atomic E-state index is 6.29. The summed E-state index contributed by atoms with van der Waals surface area (Å²) in [6, 6.07) is 0.452. The number of likely N-dealkylation sites (tertiary alicyclic amines) is 1. The van der Waals surface area contributed by atoms with Crippen molar-refractivity contribution in [2.24, 2.45) is 11.7 Å². The molecule has 2 heteroatoms. The summed E-state index contributed by atoms with van der Waals surface area (Å²) in [5, 5.41) is 0. The third kappa shape index (κ3) is 2.71. The zero-order valence-electron chi connectivity index (χ0n) is 9.25. The van der Waals surface area contributed by atoms with E-state index in [0.717, 1.165) is 12.5 Å². The Balaban J connectivity index is 1.72. The highest BCUT2D eigenvalue weighted by molar-refractivity contribution is 4.80. The molecule has 0 spiro atoms. The van der Waals surface area contributed by atoms with Crippen molar-refractivity contribution in [2.75, 3.05) is 19.6 Å². The number of hydrogen-bond donors (Lipinski definition) is 1. The average molecular weight is 196 g/mol. The second-order valence-corrected chi connectivity index (χ2v) is 5.07. The lowest BCUT2D eigenvalue weighted by molar-refractivity contribution is 0.233. The number of nitrogens with two attached hydrogens (primary N) is 1. The first kappa shape index (κ1) is 10.4. The molecular formula is C12H24N2. The molecule has 1 unspecified atom stereocenters. The maximum atomic E-state index is 6.29. The third-order valence-corrected chi connectivity index (χ3v) is 3.92. The zero-order valence-corrected chi connectivity index (χ0v) is 9.25. The van der Waals surface area contributed by atoms with Gasteiger partial charge in [0.2, 0.25) is 0 Å². The molecule has 1 heterocycles. The molecule has 0 radical (unpaired) electrons. The van der Waals surface area contributed by atoms with Gasteiger partial charge in [-0.2, -0.15) is 0 Å². The topological polar surface area (TPSA) is 29.3 Å². The normalized spacial score (nSPS) is 28.1. The van der Waals surface area contributed by atoms with Crippen LogP contribution in [-0.2, 0) is 0 Å². The minimum absolute atomic E-state index is 0.452. The Morgan fingerprint density at radius 1 is 1.00 bits per heavy atom. The Morgan fingerprint density at radius 3 is 2.29 bits per heavy atom. The lowest BCUT2D eigenvalue weighted by Crippen LogP contribution is -2.41. The van der Waals surface area contributed by atoms with Gasteiger partial charge < -0.3 is 10.6 Å². The quantitative estimate of drug-likeness (QED) is 0.748. The fraction of sp³-hybridized carbons (Fsp3) is 1.00. The summed E-state index contributed by atoms with van der Waals surface area (Å²) in [6.07, 6.45) is 9.81. The van der Waals surface area contributed by atoms with Crippen molar-refractivity contribution in [3.05, 3.63) is 0 Å². The van der Waals surface area contributed by atoms with Gasteiger partial charge in [0, 0.05) is 12.6 Å². The largest absolute Gasteiger partial charge is 0.326 e. The Kier molecular flexibility index (Phi) is 3.82. The first-order valence-corrected chi connectivity index (χ1v) is 6.34. The molecule has 1 atom stereocenters. The van der Waals surface area contributed by atoms with Crippen LogP contribution in [0.25, 0.3) is 0 Å². The van der Waals surface area contributed by atoms with Crippen molar-refractivity contribution in [1.29, 1.82) is 0 Å². The summed E-state index contributed by atoms with van der Waals surface area (Å²) in [6.45, 7) is 3.74. The van der Waals surface area contributed by atoms with Gasteiger partial charge in [0.15, 0.2) is 0 Å². The molecule has 0 aromatic heterocycles. The van der Waals surface area contributed by atoms with Crippen LogP contribution in [-0.4, -0.2) is 30.6 Å². The van der Waals surface area contributed by atoms with Gasteiger partial charge in [0.05, 0.1) is 0 Å². The number of hydrogen-bond acceptors (Lipinski definition) is 2. The average Bonchev–Trinajstić information content (AvgIpc) is 2.72. The van der Waals surface area contributed by atoms with Crippen LogP contribution >= 0.6 is 0 Å². The number of rotatable bonds is 3. The van der Waals surface area contributed by atoms with Crippen LogP contribution < -0.4 is 5.73 Å². The molecule has 2 fully saturated rings. The maximum Gasteiger partial charge on any atom is 0.0196 e. The second-order valence-electron chi connectivity index (χ2n) is 5.07. The molecule has 2 aliphatic rings. The lowest BCUT2D eigenvalue weighted by Gasteiger charge is -2.30. The highest BCUT2D eigenvalue weighted by Gasteiger charge is 2.23. The van der Waals surface area contributed by atoms with Gasteiger partial charge in [-0.3, -0.25) is 0 Å². The van der Waals surface area contributed by atoms with Gasteiger partial charge in [-0.05, 0) is 44.7 Å². The van der Waals surface area contributed by atoms with Crippen molar-refractivity contribution in [1.82, 2.24) is 4.90 Å². The fourth-order valence-electron chi connectivity index (χ4n) is 2.97. The van der Waals surface area contributed by atoms with Gasteiger partial charge >= 0.3 is 0 Å². The lowest BCUT2D eigenvalue weighted by atomic mass is 9.84. The van der Waals surface area contributed by atoms with E-state index < -0.39 is 0 Å². The van der Waals surface area contributed by atoms with E-state index in [4.69, 9.17) is 5.73 Å². The van der Waals surface area contributed by atoms with Gasteiger partial charge in [0.25, 0.3) is 0 Å². The van der Waals surface area contributed by atoms with Crippen LogP contribution in [0.2, 0.25) is 0 Å². The van der Waals surface area contributed by atoms with E-state index in [1.165, 1.54) is 58.0 Å². The van der Waals surface area contributed by atoms with Crippen LogP contribution in [0.4, 0.5) is 0 Å². The summed E-state index contributed by atoms with van der Waals surface area (Å²) >= 11 is 0. The van der Waals surface area contributed by atoms with Crippen LogP contribution in [0, 0.1) is 5.92 Å². The molecule has 82 valence electrons. The summed E-state index contributed by atoms with van der Waals surface area (Å²) in [7, 11) is 0. The molecule has 2 rings (SSSR count). The van der Waals surface area contributed by atoms with E-state index in [1.54, 1.807) is 0 Å². The van der Waals surface area contributed by atoms with Crippen molar-refractivity contribution in [2.45, 2.75) is 51.0 Å². The summed E-state index contributed by atoms with van der Waals surface area (Å²) in [5.74, 6) is 0.823. The van der Waals surface area contributed by atoms with Gasteiger partial charge in [-0.15, -0.1) is 0 Å². The van der Waals surface area contributed by atoms with Crippen molar-refractivity contribution >= 4 is 0 Å². The Hall–Kier alpha value is -0.0800. The third-order valence-electron chi connectivity index (χ3n) is 3.92. The second kappa shape index (κ2) is 5.13. The monoisotopic (exact) mass is 196 g/mol. The molecule has 2 nitrogen and oxygen atoms in total. The van der Waals surface area contributed by atoms with Crippen LogP contribution in [0.5, 0.6) is 0 Å². The molecular weight excluding hydrogens is 172 g/mol. The van der Waals surface area contributed by atoms with Crippen molar-refractivity contribution in [3.63, 3.8) is 0 Å². The van der Waals surface area contributed by atoms with Gasteiger partial charge in [-0.25, -0.2) is 0 Å². The SMILES string of the molecule is NC(CN1CCCC1)C1CCCCC1. The molecule has 2 N–H and O–H groups in total. The smallest absolute Gasteiger partial charge is 0.0196 e. The molecule has 14 heavy (non-hydrogen) atoms. The van der Waals surface area contributed by atoms with Crippen molar-refractivity contribution in [3.8, 4) is 0 Å². The predicted octanol–water partition coefficient (Wildman–Crippen LogP) is 1.99. The minimum atomic E-state index is 0.452. The Morgan fingerprint density at radius 2 is 1.64 bits per heavy atom. The molecule has 0 amide bonds.